The number of hydrogen-bond donors (Lipinski definition) is 1. The van der Waals surface area contributed by atoms with Crippen LogP contribution < -0.4 is 5.32 Å². The summed E-state index contributed by atoms with van der Waals surface area (Å²) in [4.78, 5) is 0. The Labute approximate surface area is 98.7 Å². The average Bonchev–Trinajstić information content (AvgIpc) is 2.70. The topological polar surface area (TPSA) is 30.5 Å². The normalized spacial score (nSPS) is 31.9. The quantitative estimate of drug-likeness (QED) is 0.725. The third kappa shape index (κ3) is 1.94. The van der Waals surface area contributed by atoms with E-state index in [1.54, 1.807) is 0 Å². The first-order valence-electron chi connectivity index (χ1n) is 6.07. The van der Waals surface area contributed by atoms with Crippen LogP contribution in [0.5, 0.6) is 0 Å². The molecule has 1 aliphatic carbocycles. The molecule has 3 nitrogen and oxygen atoms in total. The highest BCUT2D eigenvalue weighted by atomic mass is 16.7. The van der Waals surface area contributed by atoms with E-state index in [4.69, 9.17) is 9.31 Å². The van der Waals surface area contributed by atoms with Gasteiger partial charge in [0.2, 0.25) is 0 Å². The lowest BCUT2D eigenvalue weighted by atomic mass is 9.77. The van der Waals surface area contributed by atoms with Crippen molar-refractivity contribution in [3.8, 4) is 0 Å². The molecule has 1 fully saturated rings. The molecule has 0 spiro atoms. The van der Waals surface area contributed by atoms with Crippen molar-refractivity contribution in [3.63, 3.8) is 0 Å². The molecule has 1 unspecified atom stereocenters. The van der Waals surface area contributed by atoms with E-state index in [9.17, 15) is 0 Å². The molecule has 1 heterocycles. The molecule has 0 amide bonds. The molecule has 16 heavy (non-hydrogen) atoms. The van der Waals surface area contributed by atoms with Crippen molar-refractivity contribution in [2.45, 2.75) is 57.8 Å². The summed E-state index contributed by atoms with van der Waals surface area (Å²) in [7, 11) is 1.86. The van der Waals surface area contributed by atoms with Gasteiger partial charge in [0, 0.05) is 6.04 Å². The van der Waals surface area contributed by atoms with Crippen LogP contribution in [0.25, 0.3) is 0 Å². The Morgan fingerprint density at radius 3 is 2.25 bits per heavy atom. The third-order valence-electron chi connectivity index (χ3n) is 4.11. The molecular formula is C12H22BNO2. The Bertz CT molecular complexity index is 296. The lowest BCUT2D eigenvalue weighted by Gasteiger charge is -2.32. The fourth-order valence-corrected chi connectivity index (χ4v) is 2.15. The maximum absolute atomic E-state index is 6.02. The zero-order chi connectivity index (χ0) is 12.0. The van der Waals surface area contributed by atoms with E-state index in [1.807, 2.05) is 7.05 Å². The van der Waals surface area contributed by atoms with Crippen LogP contribution in [0, 0.1) is 0 Å². The standard InChI is InChI=1S/C12H22BNO2/c1-11(2)12(3,4)16-13(15-11)9-6-7-10(8-9)14-5/h6,10,14H,7-8H2,1-5H3. The molecular weight excluding hydrogens is 201 g/mol. The predicted molar refractivity (Wildman–Crippen MR) is 66.2 cm³/mol. The van der Waals surface area contributed by atoms with Gasteiger partial charge >= 0.3 is 7.12 Å². The van der Waals surface area contributed by atoms with E-state index < -0.39 is 0 Å². The van der Waals surface area contributed by atoms with Crippen LogP contribution >= 0.6 is 0 Å². The molecule has 0 aromatic carbocycles. The van der Waals surface area contributed by atoms with Crippen molar-refractivity contribution in [1.82, 2.24) is 5.32 Å². The second kappa shape index (κ2) is 3.86. The first-order valence-corrected chi connectivity index (χ1v) is 6.07. The maximum atomic E-state index is 6.02. The lowest BCUT2D eigenvalue weighted by molar-refractivity contribution is 0.00578. The van der Waals surface area contributed by atoms with Gasteiger partial charge in [0.25, 0.3) is 0 Å². The van der Waals surface area contributed by atoms with E-state index in [1.165, 1.54) is 5.47 Å². The van der Waals surface area contributed by atoms with Crippen LogP contribution in [0.4, 0.5) is 0 Å². The van der Waals surface area contributed by atoms with Crippen molar-refractivity contribution in [2.24, 2.45) is 0 Å². The lowest BCUT2D eigenvalue weighted by Crippen LogP contribution is -2.41. The zero-order valence-corrected chi connectivity index (χ0v) is 11.0. The Hall–Kier alpha value is -0.315. The molecule has 4 heteroatoms. The SMILES string of the molecule is CNC1CC=C(B2OC(C)(C)C(C)(C)O2)C1. The van der Waals surface area contributed by atoms with Gasteiger partial charge in [-0.05, 0) is 53.1 Å². The monoisotopic (exact) mass is 223 g/mol. The largest absolute Gasteiger partial charge is 0.490 e. The van der Waals surface area contributed by atoms with Crippen LogP contribution in [0.2, 0.25) is 0 Å². The van der Waals surface area contributed by atoms with Gasteiger partial charge in [-0.3, -0.25) is 0 Å². The summed E-state index contributed by atoms with van der Waals surface area (Å²) < 4.78 is 12.0. The van der Waals surface area contributed by atoms with E-state index >= 15 is 0 Å². The van der Waals surface area contributed by atoms with Gasteiger partial charge in [0.05, 0.1) is 11.2 Å². The first-order chi connectivity index (χ1) is 7.36. The molecule has 1 atom stereocenters. The van der Waals surface area contributed by atoms with E-state index in [0.29, 0.717) is 6.04 Å². The molecule has 0 radical (unpaired) electrons. The Morgan fingerprint density at radius 1 is 1.25 bits per heavy atom. The molecule has 0 aromatic rings. The maximum Gasteiger partial charge on any atom is 0.490 e. The Morgan fingerprint density at radius 2 is 1.81 bits per heavy atom. The van der Waals surface area contributed by atoms with Gasteiger partial charge in [-0.15, -0.1) is 0 Å². The molecule has 2 rings (SSSR count). The minimum absolute atomic E-state index is 0.150. The van der Waals surface area contributed by atoms with Gasteiger partial charge in [0.1, 0.15) is 0 Å². The van der Waals surface area contributed by atoms with Crippen LogP contribution in [0.15, 0.2) is 11.5 Å². The summed E-state index contributed by atoms with van der Waals surface area (Å²) in [6.07, 6.45) is 4.37. The Kier molecular flexibility index (Phi) is 2.93. The fraction of sp³-hybridized carbons (Fsp3) is 0.833. The summed E-state index contributed by atoms with van der Waals surface area (Å²) in [5.41, 5.74) is 0.838. The van der Waals surface area contributed by atoms with Crippen molar-refractivity contribution < 1.29 is 9.31 Å². The number of nitrogens with one attached hydrogen (secondary N) is 1. The summed E-state index contributed by atoms with van der Waals surface area (Å²) in [6, 6.07) is 0.550. The first kappa shape index (κ1) is 12.2. The van der Waals surface area contributed by atoms with E-state index in [0.717, 1.165) is 12.8 Å². The molecule has 1 saturated heterocycles. The summed E-state index contributed by atoms with van der Waals surface area (Å²) in [5, 5.41) is 3.30. The average molecular weight is 223 g/mol. The van der Waals surface area contributed by atoms with E-state index in [-0.39, 0.29) is 18.3 Å². The van der Waals surface area contributed by atoms with Gasteiger partial charge in [-0.25, -0.2) is 0 Å². The van der Waals surface area contributed by atoms with Crippen molar-refractivity contribution in [3.05, 3.63) is 11.5 Å². The number of hydrogen-bond acceptors (Lipinski definition) is 3. The minimum Gasteiger partial charge on any atom is -0.400 e. The van der Waals surface area contributed by atoms with Crippen LogP contribution in [0.3, 0.4) is 0 Å². The third-order valence-corrected chi connectivity index (χ3v) is 4.11. The van der Waals surface area contributed by atoms with Gasteiger partial charge < -0.3 is 14.6 Å². The van der Waals surface area contributed by atoms with Gasteiger partial charge in [-0.1, -0.05) is 6.08 Å². The minimum atomic E-state index is -0.226. The highest BCUT2D eigenvalue weighted by Gasteiger charge is 2.52. The van der Waals surface area contributed by atoms with Crippen LogP contribution in [-0.2, 0) is 9.31 Å². The molecule has 0 bridgehead atoms. The van der Waals surface area contributed by atoms with Crippen molar-refractivity contribution in [1.29, 1.82) is 0 Å². The second-order valence-corrected chi connectivity index (χ2v) is 5.79. The molecule has 0 saturated carbocycles. The van der Waals surface area contributed by atoms with Crippen molar-refractivity contribution in [2.75, 3.05) is 7.05 Å². The molecule has 1 aliphatic heterocycles. The predicted octanol–water partition coefficient (Wildman–Crippen LogP) is 1.93. The molecule has 2 aliphatic rings. The highest BCUT2D eigenvalue weighted by molar-refractivity contribution is 6.54. The van der Waals surface area contributed by atoms with E-state index in [2.05, 4.69) is 39.1 Å². The molecule has 0 aromatic heterocycles. The van der Waals surface area contributed by atoms with Gasteiger partial charge in [0.15, 0.2) is 0 Å². The highest BCUT2D eigenvalue weighted by Crippen LogP contribution is 2.40. The van der Waals surface area contributed by atoms with Crippen LogP contribution in [-0.4, -0.2) is 31.4 Å². The summed E-state index contributed by atoms with van der Waals surface area (Å²) in [5.74, 6) is 0. The second-order valence-electron chi connectivity index (χ2n) is 5.79. The Balaban J connectivity index is 2.05. The molecule has 90 valence electrons. The number of rotatable bonds is 2. The summed E-state index contributed by atoms with van der Waals surface area (Å²) in [6.45, 7) is 8.38. The van der Waals surface area contributed by atoms with Gasteiger partial charge in [-0.2, -0.15) is 0 Å². The summed E-state index contributed by atoms with van der Waals surface area (Å²) >= 11 is 0. The smallest absolute Gasteiger partial charge is 0.400 e. The zero-order valence-electron chi connectivity index (χ0n) is 11.0. The van der Waals surface area contributed by atoms with Crippen molar-refractivity contribution >= 4 is 7.12 Å². The molecule has 1 N–H and O–H groups in total. The van der Waals surface area contributed by atoms with Crippen LogP contribution in [0.1, 0.15) is 40.5 Å². The fourth-order valence-electron chi connectivity index (χ4n) is 2.15.